The van der Waals surface area contributed by atoms with Crippen LogP contribution in [0.2, 0.25) is 0 Å². The molecule has 1 saturated heterocycles. The Morgan fingerprint density at radius 2 is 2.07 bits per heavy atom. The van der Waals surface area contributed by atoms with Gasteiger partial charge >= 0.3 is 0 Å². The van der Waals surface area contributed by atoms with Crippen molar-refractivity contribution in [3.8, 4) is 11.3 Å². The average Bonchev–Trinajstić information content (AvgIpc) is 3.15. The lowest BCUT2D eigenvalue weighted by molar-refractivity contribution is 0.0585. The molecule has 1 N–H and O–H groups in total. The quantitative estimate of drug-likeness (QED) is 0.751. The number of nitrogens with one attached hydrogen (secondary N) is 1. The number of oxazole rings is 1. The fourth-order valence-corrected chi connectivity index (χ4v) is 4.53. The summed E-state index contributed by atoms with van der Waals surface area (Å²) < 4.78 is 36.5. The highest BCUT2D eigenvalue weighted by atomic mass is 32.2. The molecule has 0 spiro atoms. The first-order valence-corrected chi connectivity index (χ1v) is 11.0. The molecule has 1 aliphatic heterocycles. The molecule has 0 radical (unpaired) electrons. The zero-order chi connectivity index (χ0) is 20.1. The first kappa shape index (κ1) is 20.5. The van der Waals surface area contributed by atoms with Crippen molar-refractivity contribution in [1.29, 1.82) is 0 Å². The standard InChI is InChI=1S/C19H25N3O5S/c1-14-4-3-5-15(12-14)18-17(21-13-27-18)19(23)20-8-9-22(28(2,24)25)16-6-10-26-11-7-16/h3-5,12-13,16H,6-11H2,1-2H3,(H,20,23). The number of sulfonamides is 1. The SMILES string of the molecule is Cc1cccc(-c2ocnc2C(=O)NCCN(C2CCOCC2)S(C)(=O)=O)c1. The molecule has 9 heteroatoms. The minimum absolute atomic E-state index is 0.101. The maximum Gasteiger partial charge on any atom is 0.273 e. The third-order valence-corrected chi connectivity index (χ3v) is 6.04. The minimum atomic E-state index is -3.38. The predicted octanol–water partition coefficient (Wildman–Crippen LogP) is 1.82. The zero-order valence-corrected chi connectivity index (χ0v) is 16.9. The Morgan fingerprint density at radius 1 is 1.32 bits per heavy atom. The van der Waals surface area contributed by atoms with Crippen molar-refractivity contribution in [3.05, 3.63) is 41.9 Å². The zero-order valence-electron chi connectivity index (χ0n) is 16.1. The van der Waals surface area contributed by atoms with E-state index in [1.54, 1.807) is 0 Å². The van der Waals surface area contributed by atoms with Crippen molar-refractivity contribution in [2.45, 2.75) is 25.8 Å². The van der Waals surface area contributed by atoms with Crippen LogP contribution in [0.1, 0.15) is 28.9 Å². The Balaban J connectivity index is 1.65. The Morgan fingerprint density at radius 3 is 2.75 bits per heavy atom. The van der Waals surface area contributed by atoms with Crippen LogP contribution >= 0.6 is 0 Å². The summed E-state index contributed by atoms with van der Waals surface area (Å²) >= 11 is 0. The lowest BCUT2D eigenvalue weighted by Gasteiger charge is -2.32. The molecule has 1 aromatic heterocycles. The van der Waals surface area contributed by atoms with Gasteiger partial charge in [0.1, 0.15) is 0 Å². The minimum Gasteiger partial charge on any atom is -0.443 e. The number of aromatic nitrogens is 1. The number of benzene rings is 1. The molecule has 2 aromatic rings. The highest BCUT2D eigenvalue weighted by Crippen LogP contribution is 2.24. The first-order chi connectivity index (χ1) is 13.4. The third-order valence-electron chi connectivity index (χ3n) is 4.70. The van der Waals surface area contributed by atoms with Crippen molar-refractivity contribution >= 4 is 15.9 Å². The molecular weight excluding hydrogens is 382 g/mol. The van der Waals surface area contributed by atoms with Crippen molar-refractivity contribution in [3.63, 3.8) is 0 Å². The molecule has 1 aromatic carbocycles. The largest absolute Gasteiger partial charge is 0.443 e. The fraction of sp³-hybridized carbons (Fsp3) is 0.474. The molecule has 28 heavy (non-hydrogen) atoms. The summed E-state index contributed by atoms with van der Waals surface area (Å²) in [6.07, 6.45) is 3.73. The van der Waals surface area contributed by atoms with E-state index in [2.05, 4.69) is 10.3 Å². The maximum absolute atomic E-state index is 12.6. The second-order valence-corrected chi connectivity index (χ2v) is 8.81. The summed E-state index contributed by atoms with van der Waals surface area (Å²) in [5.41, 5.74) is 1.99. The number of hydrogen-bond acceptors (Lipinski definition) is 6. The topological polar surface area (TPSA) is 102 Å². The summed E-state index contributed by atoms with van der Waals surface area (Å²) in [7, 11) is -3.38. The Labute approximate surface area is 164 Å². The van der Waals surface area contributed by atoms with Gasteiger partial charge in [-0.2, -0.15) is 4.31 Å². The van der Waals surface area contributed by atoms with Gasteiger partial charge in [-0.15, -0.1) is 0 Å². The third kappa shape index (κ3) is 4.98. The molecule has 0 unspecified atom stereocenters. The molecule has 8 nitrogen and oxygen atoms in total. The molecule has 152 valence electrons. The van der Waals surface area contributed by atoms with E-state index in [0.717, 1.165) is 11.1 Å². The molecule has 1 fully saturated rings. The van der Waals surface area contributed by atoms with Crippen molar-refractivity contribution in [2.75, 3.05) is 32.6 Å². The first-order valence-electron chi connectivity index (χ1n) is 9.19. The van der Waals surface area contributed by atoms with Crippen LogP contribution in [0.25, 0.3) is 11.3 Å². The molecule has 2 heterocycles. The van der Waals surface area contributed by atoms with Gasteiger partial charge in [0.05, 0.1) is 6.26 Å². The van der Waals surface area contributed by atoms with Crippen LogP contribution in [0.15, 0.2) is 35.1 Å². The molecule has 0 saturated carbocycles. The number of carbonyl (C=O) groups excluding carboxylic acids is 1. The van der Waals surface area contributed by atoms with Gasteiger partial charge in [-0.05, 0) is 25.8 Å². The molecule has 0 atom stereocenters. The van der Waals surface area contributed by atoms with Gasteiger partial charge in [0.25, 0.3) is 5.91 Å². The predicted molar refractivity (Wildman–Crippen MR) is 104 cm³/mol. The van der Waals surface area contributed by atoms with E-state index >= 15 is 0 Å². The molecule has 0 aliphatic carbocycles. The van der Waals surface area contributed by atoms with Crippen LogP contribution in [-0.4, -0.2) is 62.2 Å². The van der Waals surface area contributed by atoms with E-state index in [9.17, 15) is 13.2 Å². The van der Waals surface area contributed by atoms with Gasteiger partial charge < -0.3 is 14.5 Å². The van der Waals surface area contributed by atoms with Crippen LogP contribution < -0.4 is 5.32 Å². The summed E-state index contributed by atoms with van der Waals surface area (Å²) in [5.74, 6) is -0.00344. The van der Waals surface area contributed by atoms with Crippen LogP contribution in [0.3, 0.4) is 0 Å². The fourth-order valence-electron chi connectivity index (χ4n) is 3.35. The number of ether oxygens (including phenoxy) is 1. The van der Waals surface area contributed by atoms with E-state index in [1.807, 2.05) is 31.2 Å². The molecular formula is C19H25N3O5S. The van der Waals surface area contributed by atoms with E-state index in [4.69, 9.17) is 9.15 Å². The molecule has 3 rings (SSSR count). The van der Waals surface area contributed by atoms with Gasteiger partial charge in [-0.1, -0.05) is 23.8 Å². The normalized spacial score (nSPS) is 15.7. The highest BCUT2D eigenvalue weighted by molar-refractivity contribution is 7.88. The summed E-state index contributed by atoms with van der Waals surface area (Å²) in [6, 6.07) is 7.49. The number of hydrogen-bond donors (Lipinski definition) is 1. The van der Waals surface area contributed by atoms with Gasteiger partial charge in [0.2, 0.25) is 10.0 Å². The average molecular weight is 407 g/mol. The second kappa shape index (κ2) is 8.85. The van der Waals surface area contributed by atoms with Crippen molar-refractivity contribution in [2.24, 2.45) is 0 Å². The van der Waals surface area contributed by atoms with Crippen molar-refractivity contribution in [1.82, 2.24) is 14.6 Å². The summed E-state index contributed by atoms with van der Waals surface area (Å²) in [5, 5.41) is 2.75. The van der Waals surface area contributed by atoms with Gasteiger partial charge in [0, 0.05) is 37.9 Å². The molecule has 1 aliphatic rings. The van der Waals surface area contributed by atoms with Crippen LogP contribution in [0.4, 0.5) is 0 Å². The van der Waals surface area contributed by atoms with E-state index in [1.165, 1.54) is 17.0 Å². The Kier molecular flexibility index (Phi) is 6.48. The number of carbonyl (C=O) groups is 1. The Bertz CT molecular complexity index is 919. The number of aryl methyl sites for hydroxylation is 1. The van der Waals surface area contributed by atoms with Crippen LogP contribution in [0.5, 0.6) is 0 Å². The number of amides is 1. The Hall–Kier alpha value is -2.23. The van der Waals surface area contributed by atoms with E-state index in [0.29, 0.717) is 31.8 Å². The smallest absolute Gasteiger partial charge is 0.273 e. The number of rotatable bonds is 7. The maximum atomic E-state index is 12.6. The van der Waals surface area contributed by atoms with E-state index < -0.39 is 15.9 Å². The molecule has 0 bridgehead atoms. The monoisotopic (exact) mass is 407 g/mol. The van der Waals surface area contributed by atoms with Crippen LogP contribution in [0, 0.1) is 6.92 Å². The van der Waals surface area contributed by atoms with Gasteiger partial charge in [-0.3, -0.25) is 4.79 Å². The van der Waals surface area contributed by atoms with Crippen LogP contribution in [-0.2, 0) is 14.8 Å². The van der Waals surface area contributed by atoms with Gasteiger partial charge in [-0.25, -0.2) is 13.4 Å². The summed E-state index contributed by atoms with van der Waals surface area (Å²) in [4.78, 5) is 16.6. The second-order valence-electron chi connectivity index (χ2n) is 6.87. The molecule has 1 amide bonds. The van der Waals surface area contributed by atoms with Gasteiger partial charge in [0.15, 0.2) is 17.8 Å². The van der Waals surface area contributed by atoms with Crippen molar-refractivity contribution < 1.29 is 22.4 Å². The lowest BCUT2D eigenvalue weighted by atomic mass is 10.1. The van der Waals surface area contributed by atoms with E-state index in [-0.39, 0.29) is 24.8 Å². The summed E-state index contributed by atoms with van der Waals surface area (Å²) in [6.45, 7) is 3.43. The lowest BCUT2D eigenvalue weighted by Crippen LogP contribution is -2.46. The highest BCUT2D eigenvalue weighted by Gasteiger charge is 2.28. The number of nitrogens with zero attached hydrogens (tertiary/aromatic N) is 2.